The molecule has 1 unspecified atom stereocenters. The van der Waals surface area contributed by atoms with Crippen molar-refractivity contribution >= 4 is 10.0 Å². The summed E-state index contributed by atoms with van der Waals surface area (Å²) in [5.41, 5.74) is 5.46. The van der Waals surface area contributed by atoms with Gasteiger partial charge in [-0.05, 0) is 26.7 Å². The number of hydrogen-bond acceptors (Lipinski definition) is 3. The van der Waals surface area contributed by atoms with E-state index in [1.807, 2.05) is 13.8 Å². The first-order valence-corrected chi connectivity index (χ1v) is 6.32. The number of rotatable bonds is 1. The molecule has 0 spiro atoms. The van der Waals surface area contributed by atoms with Crippen LogP contribution in [0.15, 0.2) is 0 Å². The zero-order valence-corrected chi connectivity index (χ0v) is 9.26. The van der Waals surface area contributed by atoms with Gasteiger partial charge < -0.3 is 5.73 Å². The van der Waals surface area contributed by atoms with E-state index in [4.69, 9.17) is 5.73 Å². The first-order valence-electron chi connectivity index (χ1n) is 4.47. The SMILES string of the molecule is CC1(C)CCC(N)CN1S(C)(=O)=O. The van der Waals surface area contributed by atoms with E-state index in [0.717, 1.165) is 12.8 Å². The highest BCUT2D eigenvalue weighted by Crippen LogP contribution is 2.28. The molecule has 0 saturated carbocycles. The molecule has 1 aliphatic rings. The lowest BCUT2D eigenvalue weighted by atomic mass is 9.91. The lowest BCUT2D eigenvalue weighted by Gasteiger charge is -2.42. The second kappa shape index (κ2) is 3.22. The molecule has 0 aromatic rings. The molecule has 1 fully saturated rings. The maximum absolute atomic E-state index is 11.4. The Bertz CT molecular complexity index is 285. The zero-order valence-electron chi connectivity index (χ0n) is 8.45. The Labute approximate surface area is 80.1 Å². The fraction of sp³-hybridized carbons (Fsp3) is 1.00. The summed E-state index contributed by atoms with van der Waals surface area (Å²) in [6.07, 6.45) is 2.98. The number of nitrogens with two attached hydrogens (primary N) is 1. The molecule has 1 saturated heterocycles. The van der Waals surface area contributed by atoms with Gasteiger partial charge in [-0.1, -0.05) is 0 Å². The number of hydrogen-bond donors (Lipinski definition) is 1. The normalized spacial score (nSPS) is 30.3. The van der Waals surface area contributed by atoms with Crippen LogP contribution in [0, 0.1) is 0 Å². The summed E-state index contributed by atoms with van der Waals surface area (Å²) < 4.78 is 24.3. The predicted octanol–water partition coefficient (Wildman–Crippen LogP) is 0.148. The summed E-state index contributed by atoms with van der Waals surface area (Å²) in [6, 6.07) is -0.0113. The first-order chi connectivity index (χ1) is 5.73. The fourth-order valence-corrected chi connectivity index (χ4v) is 3.25. The topological polar surface area (TPSA) is 63.4 Å². The van der Waals surface area contributed by atoms with E-state index in [1.54, 1.807) is 0 Å². The molecule has 78 valence electrons. The quantitative estimate of drug-likeness (QED) is 0.664. The van der Waals surface area contributed by atoms with Crippen molar-refractivity contribution in [1.29, 1.82) is 0 Å². The summed E-state index contributed by atoms with van der Waals surface area (Å²) in [6.45, 7) is 4.34. The molecule has 5 heteroatoms. The summed E-state index contributed by atoms with van der Waals surface area (Å²) in [4.78, 5) is 0. The van der Waals surface area contributed by atoms with E-state index < -0.39 is 10.0 Å². The monoisotopic (exact) mass is 206 g/mol. The van der Waals surface area contributed by atoms with Crippen LogP contribution in [0.25, 0.3) is 0 Å². The Hall–Kier alpha value is -0.130. The predicted molar refractivity (Wildman–Crippen MR) is 52.8 cm³/mol. The van der Waals surface area contributed by atoms with E-state index in [9.17, 15) is 8.42 Å². The van der Waals surface area contributed by atoms with Crippen molar-refractivity contribution in [3.05, 3.63) is 0 Å². The molecule has 1 heterocycles. The van der Waals surface area contributed by atoms with Crippen LogP contribution in [-0.4, -0.2) is 37.1 Å². The standard InChI is InChI=1S/C8H18N2O2S/c1-8(2)5-4-7(9)6-10(8)13(3,11)12/h7H,4-6,9H2,1-3H3. The van der Waals surface area contributed by atoms with Crippen LogP contribution in [0.4, 0.5) is 0 Å². The second-order valence-electron chi connectivity index (χ2n) is 4.41. The first kappa shape index (κ1) is 10.9. The van der Waals surface area contributed by atoms with Crippen molar-refractivity contribution in [3.63, 3.8) is 0 Å². The van der Waals surface area contributed by atoms with Crippen LogP contribution in [0.2, 0.25) is 0 Å². The average Bonchev–Trinajstić information content (AvgIpc) is 1.92. The molecule has 0 aliphatic carbocycles. The van der Waals surface area contributed by atoms with Gasteiger partial charge >= 0.3 is 0 Å². The minimum Gasteiger partial charge on any atom is -0.327 e. The molecule has 1 atom stereocenters. The van der Waals surface area contributed by atoms with Crippen molar-refractivity contribution in [1.82, 2.24) is 4.31 Å². The molecule has 2 N–H and O–H groups in total. The van der Waals surface area contributed by atoms with Gasteiger partial charge in [0, 0.05) is 18.1 Å². The van der Waals surface area contributed by atoms with Gasteiger partial charge in [-0.2, -0.15) is 4.31 Å². The van der Waals surface area contributed by atoms with E-state index >= 15 is 0 Å². The Balaban J connectivity index is 2.91. The summed E-state index contributed by atoms with van der Waals surface area (Å²) in [5.74, 6) is 0. The molecule has 0 aromatic heterocycles. The number of nitrogens with zero attached hydrogens (tertiary/aromatic N) is 1. The van der Waals surface area contributed by atoms with Gasteiger partial charge in [-0.3, -0.25) is 0 Å². The third-order valence-electron chi connectivity index (χ3n) is 2.60. The van der Waals surface area contributed by atoms with Gasteiger partial charge in [-0.15, -0.1) is 0 Å². The van der Waals surface area contributed by atoms with Crippen molar-refractivity contribution in [2.24, 2.45) is 5.73 Å². The molecular formula is C8H18N2O2S. The highest BCUT2D eigenvalue weighted by atomic mass is 32.2. The van der Waals surface area contributed by atoms with E-state index in [-0.39, 0.29) is 11.6 Å². The smallest absolute Gasteiger partial charge is 0.211 e. The van der Waals surface area contributed by atoms with Crippen molar-refractivity contribution in [3.8, 4) is 0 Å². The van der Waals surface area contributed by atoms with Gasteiger partial charge in [0.1, 0.15) is 0 Å². The fourth-order valence-electron chi connectivity index (χ4n) is 1.80. The van der Waals surface area contributed by atoms with Crippen molar-refractivity contribution in [2.75, 3.05) is 12.8 Å². The Morgan fingerprint density at radius 3 is 2.38 bits per heavy atom. The largest absolute Gasteiger partial charge is 0.327 e. The molecule has 0 bridgehead atoms. The minimum absolute atomic E-state index is 0.0113. The minimum atomic E-state index is -3.11. The van der Waals surface area contributed by atoms with Crippen LogP contribution in [0.1, 0.15) is 26.7 Å². The van der Waals surface area contributed by atoms with Gasteiger partial charge in [0.2, 0.25) is 10.0 Å². The molecule has 0 radical (unpaired) electrons. The molecule has 0 aromatic carbocycles. The maximum Gasteiger partial charge on any atom is 0.211 e. The van der Waals surface area contributed by atoms with Crippen LogP contribution in [0.5, 0.6) is 0 Å². The molecule has 1 aliphatic heterocycles. The molecule has 4 nitrogen and oxygen atoms in total. The summed E-state index contributed by atoms with van der Waals surface area (Å²) >= 11 is 0. The molecular weight excluding hydrogens is 188 g/mol. The Morgan fingerprint density at radius 1 is 1.46 bits per heavy atom. The highest BCUT2D eigenvalue weighted by molar-refractivity contribution is 7.88. The second-order valence-corrected chi connectivity index (χ2v) is 6.31. The number of piperidine rings is 1. The lowest BCUT2D eigenvalue weighted by Crippen LogP contribution is -2.56. The van der Waals surface area contributed by atoms with Gasteiger partial charge in [0.05, 0.1) is 6.26 Å². The lowest BCUT2D eigenvalue weighted by molar-refractivity contribution is 0.156. The Morgan fingerprint density at radius 2 is 2.00 bits per heavy atom. The van der Waals surface area contributed by atoms with E-state index in [1.165, 1.54) is 10.6 Å². The van der Waals surface area contributed by atoms with Crippen LogP contribution >= 0.6 is 0 Å². The third-order valence-corrected chi connectivity index (χ3v) is 4.05. The van der Waals surface area contributed by atoms with E-state index in [0.29, 0.717) is 6.54 Å². The van der Waals surface area contributed by atoms with Gasteiger partial charge in [0.25, 0.3) is 0 Å². The highest BCUT2D eigenvalue weighted by Gasteiger charge is 2.38. The van der Waals surface area contributed by atoms with Crippen LogP contribution in [-0.2, 0) is 10.0 Å². The number of sulfonamides is 1. The maximum atomic E-state index is 11.4. The van der Waals surface area contributed by atoms with Crippen molar-refractivity contribution < 1.29 is 8.42 Å². The van der Waals surface area contributed by atoms with Crippen LogP contribution in [0.3, 0.4) is 0 Å². The van der Waals surface area contributed by atoms with Gasteiger partial charge in [0.15, 0.2) is 0 Å². The van der Waals surface area contributed by atoms with Crippen LogP contribution < -0.4 is 5.73 Å². The molecule has 13 heavy (non-hydrogen) atoms. The zero-order chi connectivity index (χ0) is 10.3. The summed E-state index contributed by atoms with van der Waals surface area (Å²) in [7, 11) is -3.11. The third kappa shape index (κ3) is 2.42. The van der Waals surface area contributed by atoms with Crippen molar-refractivity contribution in [2.45, 2.75) is 38.3 Å². The average molecular weight is 206 g/mol. The van der Waals surface area contributed by atoms with Gasteiger partial charge in [-0.25, -0.2) is 8.42 Å². The molecule has 0 amide bonds. The molecule has 1 rings (SSSR count). The summed E-state index contributed by atoms with van der Waals surface area (Å²) in [5, 5.41) is 0. The Kier molecular flexibility index (Phi) is 2.71. The van der Waals surface area contributed by atoms with E-state index in [2.05, 4.69) is 0 Å².